The highest BCUT2D eigenvalue weighted by Crippen LogP contribution is 2.30. The zero-order valence-electron chi connectivity index (χ0n) is 11.9. The van der Waals surface area contributed by atoms with Crippen LogP contribution in [-0.2, 0) is 19.2 Å². The maximum atomic E-state index is 10.9. The number of β-amino-alcohol motifs (C(OH)–C–C–N with tert-alkyl or cyclic N) is 1. The van der Waals surface area contributed by atoms with Gasteiger partial charge < -0.3 is 5.11 Å². The van der Waals surface area contributed by atoms with E-state index in [9.17, 15) is 5.11 Å². The van der Waals surface area contributed by atoms with E-state index in [0.29, 0.717) is 6.54 Å². The Kier molecular flexibility index (Phi) is 3.59. The van der Waals surface area contributed by atoms with Gasteiger partial charge in [0.05, 0.1) is 5.69 Å². The van der Waals surface area contributed by atoms with E-state index >= 15 is 0 Å². The predicted molar refractivity (Wildman–Crippen MR) is 78.1 cm³/mol. The lowest BCUT2D eigenvalue weighted by Gasteiger charge is -2.38. The number of hydrogen-bond acceptors (Lipinski definition) is 3. The summed E-state index contributed by atoms with van der Waals surface area (Å²) in [7, 11) is 1.89. The third kappa shape index (κ3) is 2.76. The molecule has 1 saturated heterocycles. The number of benzene rings is 1. The summed E-state index contributed by atoms with van der Waals surface area (Å²) < 4.78 is 1.75. The van der Waals surface area contributed by atoms with Crippen LogP contribution in [0.25, 0.3) is 0 Å². The van der Waals surface area contributed by atoms with Crippen LogP contribution in [0.4, 0.5) is 0 Å². The van der Waals surface area contributed by atoms with Crippen molar-refractivity contribution >= 4 is 0 Å². The van der Waals surface area contributed by atoms with Crippen molar-refractivity contribution in [3.8, 4) is 0 Å². The molecule has 4 heteroatoms. The summed E-state index contributed by atoms with van der Waals surface area (Å²) in [5.74, 6) is 0. The number of rotatable bonds is 3. The minimum atomic E-state index is -0.811. The summed E-state index contributed by atoms with van der Waals surface area (Å²) >= 11 is 0. The highest BCUT2D eigenvalue weighted by atomic mass is 16.3. The van der Waals surface area contributed by atoms with E-state index in [-0.39, 0.29) is 0 Å². The Balaban J connectivity index is 1.73. The highest BCUT2D eigenvalue weighted by molar-refractivity contribution is 5.16. The van der Waals surface area contributed by atoms with Crippen molar-refractivity contribution in [2.24, 2.45) is 7.05 Å². The average molecular weight is 271 g/mol. The molecule has 0 bridgehead atoms. The molecule has 1 unspecified atom stereocenters. The van der Waals surface area contributed by atoms with Gasteiger partial charge in [0.1, 0.15) is 5.60 Å². The molecule has 1 fully saturated rings. The Hall–Kier alpha value is -1.65. The Morgan fingerprint density at radius 2 is 2.05 bits per heavy atom. The van der Waals surface area contributed by atoms with Crippen molar-refractivity contribution in [1.82, 2.24) is 14.7 Å². The molecule has 3 rings (SSSR count). The standard InChI is InChI=1S/C16H21N3O/c1-18-11-8-15(17-18)16(20)9-5-10-19(13-16)12-14-6-3-2-4-7-14/h2-4,6-8,11,20H,5,9-10,12-13H2,1H3. The maximum absolute atomic E-state index is 10.9. The molecule has 0 spiro atoms. The largest absolute Gasteiger partial charge is 0.382 e. The van der Waals surface area contributed by atoms with E-state index in [1.54, 1.807) is 4.68 Å². The van der Waals surface area contributed by atoms with Crippen LogP contribution in [0.5, 0.6) is 0 Å². The van der Waals surface area contributed by atoms with Crippen LogP contribution >= 0.6 is 0 Å². The number of aryl methyl sites for hydroxylation is 1. The molecule has 0 amide bonds. The molecule has 0 radical (unpaired) electrons. The van der Waals surface area contributed by atoms with E-state index in [1.807, 2.05) is 25.4 Å². The molecule has 1 aromatic heterocycles. The molecule has 0 saturated carbocycles. The van der Waals surface area contributed by atoms with Crippen LogP contribution in [0.3, 0.4) is 0 Å². The maximum Gasteiger partial charge on any atom is 0.121 e. The second-order valence-corrected chi connectivity index (χ2v) is 5.71. The SMILES string of the molecule is Cn1ccc(C2(O)CCCN(Cc3ccccc3)C2)n1. The fourth-order valence-electron chi connectivity index (χ4n) is 2.97. The summed E-state index contributed by atoms with van der Waals surface area (Å²) in [5.41, 5.74) is 1.27. The number of piperidine rings is 1. The first-order valence-corrected chi connectivity index (χ1v) is 7.14. The number of aliphatic hydroxyl groups is 1. The first kappa shape index (κ1) is 13.3. The quantitative estimate of drug-likeness (QED) is 0.927. The molecule has 4 nitrogen and oxygen atoms in total. The Labute approximate surface area is 119 Å². The van der Waals surface area contributed by atoms with Crippen LogP contribution in [0.1, 0.15) is 24.1 Å². The fourth-order valence-corrected chi connectivity index (χ4v) is 2.97. The Bertz CT molecular complexity index is 566. The Morgan fingerprint density at radius 1 is 1.25 bits per heavy atom. The predicted octanol–water partition coefficient (Wildman–Crippen LogP) is 1.90. The highest BCUT2D eigenvalue weighted by Gasteiger charge is 2.36. The number of aromatic nitrogens is 2. The van der Waals surface area contributed by atoms with Crippen LogP contribution in [0.15, 0.2) is 42.6 Å². The van der Waals surface area contributed by atoms with Gasteiger partial charge in [-0.3, -0.25) is 9.58 Å². The van der Waals surface area contributed by atoms with Crippen molar-refractivity contribution in [3.05, 3.63) is 53.9 Å². The minimum Gasteiger partial charge on any atom is -0.382 e. The zero-order valence-corrected chi connectivity index (χ0v) is 11.9. The molecule has 1 atom stereocenters. The normalized spacial score (nSPS) is 23.9. The van der Waals surface area contributed by atoms with Gasteiger partial charge in [-0.1, -0.05) is 30.3 Å². The molecule has 2 aromatic rings. The van der Waals surface area contributed by atoms with Crippen molar-refractivity contribution in [3.63, 3.8) is 0 Å². The smallest absolute Gasteiger partial charge is 0.121 e. The molecule has 106 valence electrons. The second kappa shape index (κ2) is 5.38. The van der Waals surface area contributed by atoms with Crippen molar-refractivity contribution in [1.29, 1.82) is 0 Å². The lowest BCUT2D eigenvalue weighted by Crippen LogP contribution is -2.46. The molecular weight excluding hydrogens is 250 g/mol. The monoisotopic (exact) mass is 271 g/mol. The molecule has 1 aliphatic rings. The first-order valence-electron chi connectivity index (χ1n) is 7.14. The van der Waals surface area contributed by atoms with Crippen LogP contribution in [-0.4, -0.2) is 32.9 Å². The van der Waals surface area contributed by atoms with Gasteiger partial charge >= 0.3 is 0 Å². The summed E-state index contributed by atoms with van der Waals surface area (Å²) in [6.45, 7) is 2.57. The third-order valence-corrected chi connectivity index (χ3v) is 3.99. The summed E-state index contributed by atoms with van der Waals surface area (Å²) in [4.78, 5) is 2.31. The van der Waals surface area contributed by atoms with Gasteiger partial charge in [0, 0.05) is 26.3 Å². The second-order valence-electron chi connectivity index (χ2n) is 5.71. The van der Waals surface area contributed by atoms with Gasteiger partial charge in [0.15, 0.2) is 0 Å². The lowest BCUT2D eigenvalue weighted by molar-refractivity contribution is -0.0416. The van der Waals surface area contributed by atoms with E-state index in [2.05, 4.69) is 34.3 Å². The first-order chi connectivity index (χ1) is 9.66. The van der Waals surface area contributed by atoms with Gasteiger partial charge in [-0.15, -0.1) is 0 Å². The topological polar surface area (TPSA) is 41.3 Å². The number of hydrogen-bond donors (Lipinski definition) is 1. The van der Waals surface area contributed by atoms with E-state index in [1.165, 1.54) is 5.56 Å². The minimum absolute atomic E-state index is 0.652. The molecule has 1 aliphatic heterocycles. The van der Waals surface area contributed by atoms with E-state index in [0.717, 1.165) is 31.6 Å². The molecule has 0 aliphatic carbocycles. The van der Waals surface area contributed by atoms with Gasteiger partial charge in [0.25, 0.3) is 0 Å². The number of nitrogens with zero attached hydrogens (tertiary/aromatic N) is 3. The van der Waals surface area contributed by atoms with Crippen molar-refractivity contribution < 1.29 is 5.11 Å². The molecule has 2 heterocycles. The number of likely N-dealkylation sites (tertiary alicyclic amines) is 1. The van der Waals surface area contributed by atoms with Gasteiger partial charge in [-0.05, 0) is 31.0 Å². The fraction of sp³-hybridized carbons (Fsp3) is 0.438. The third-order valence-electron chi connectivity index (χ3n) is 3.99. The van der Waals surface area contributed by atoms with Crippen LogP contribution in [0.2, 0.25) is 0 Å². The average Bonchev–Trinajstić information content (AvgIpc) is 2.88. The van der Waals surface area contributed by atoms with E-state index < -0.39 is 5.60 Å². The summed E-state index contributed by atoms with van der Waals surface area (Å²) in [5, 5.41) is 15.3. The summed E-state index contributed by atoms with van der Waals surface area (Å²) in [6, 6.07) is 12.3. The molecule has 20 heavy (non-hydrogen) atoms. The lowest BCUT2D eigenvalue weighted by atomic mass is 9.89. The Morgan fingerprint density at radius 3 is 2.75 bits per heavy atom. The van der Waals surface area contributed by atoms with Gasteiger partial charge in [0.2, 0.25) is 0 Å². The van der Waals surface area contributed by atoms with Crippen LogP contribution in [0, 0.1) is 0 Å². The van der Waals surface area contributed by atoms with Gasteiger partial charge in [-0.2, -0.15) is 5.10 Å². The molecule has 1 N–H and O–H groups in total. The zero-order chi connectivity index (χ0) is 14.0. The molecule has 1 aromatic carbocycles. The van der Waals surface area contributed by atoms with Crippen LogP contribution < -0.4 is 0 Å². The van der Waals surface area contributed by atoms with Crippen molar-refractivity contribution in [2.75, 3.05) is 13.1 Å². The molecular formula is C16H21N3O. The van der Waals surface area contributed by atoms with E-state index in [4.69, 9.17) is 0 Å². The van der Waals surface area contributed by atoms with Crippen molar-refractivity contribution in [2.45, 2.75) is 25.0 Å². The van der Waals surface area contributed by atoms with Gasteiger partial charge in [-0.25, -0.2) is 0 Å². The summed E-state index contributed by atoms with van der Waals surface area (Å²) in [6.07, 6.45) is 3.68.